The van der Waals surface area contributed by atoms with Gasteiger partial charge in [-0.1, -0.05) is 62.4 Å². The van der Waals surface area contributed by atoms with Crippen LogP contribution in [-0.2, 0) is 9.53 Å². The zero-order chi connectivity index (χ0) is 26.8. The average molecular weight is 534 g/mol. The minimum atomic E-state index is -2.00. The van der Waals surface area contributed by atoms with Crippen LogP contribution >= 0.6 is 22.7 Å². The number of rotatable bonds is 2. The van der Waals surface area contributed by atoms with Crippen LogP contribution in [0.5, 0.6) is 0 Å². The van der Waals surface area contributed by atoms with Crippen LogP contribution in [0.15, 0.2) is 60.7 Å². The number of allylic oxidation sites excluding steroid dienone is 4. The predicted octanol–water partition coefficient (Wildman–Crippen LogP) is 7.56. The normalized spacial score (nSPS) is 27.5. The summed E-state index contributed by atoms with van der Waals surface area (Å²) in [7, 11) is 1.23. The van der Waals surface area contributed by atoms with Gasteiger partial charge >= 0.3 is 5.97 Å². The Morgan fingerprint density at radius 1 is 0.947 bits per heavy atom. The standard InChI is InChI=1S/C31H23N3O2S2/c1-17-8-4-7-11-21(17)25-27-24(18(2)30(14-32,15-33)31(25,16-34)29(35)36-3)28-26(38-27)22-12-19-9-5-6-10-20(19)13-23(22)37-28/h4-13,17-18,21,25H,1-3H3/t17?,18-,21?,25+,31?/m0/s1. The summed E-state index contributed by atoms with van der Waals surface area (Å²) in [5.74, 6) is -2.52. The zero-order valence-corrected chi connectivity index (χ0v) is 22.7. The van der Waals surface area contributed by atoms with Crippen molar-refractivity contribution in [1.82, 2.24) is 0 Å². The van der Waals surface area contributed by atoms with E-state index in [1.54, 1.807) is 22.7 Å². The molecule has 5 atom stereocenters. The first kappa shape index (κ1) is 24.4. The number of carbonyl (C=O) groups excluding carboxylic acids is 1. The van der Waals surface area contributed by atoms with Crippen molar-refractivity contribution in [1.29, 1.82) is 15.8 Å². The van der Waals surface area contributed by atoms with Crippen molar-refractivity contribution in [3.63, 3.8) is 0 Å². The number of carbonyl (C=O) groups is 1. The molecule has 186 valence electrons. The molecule has 0 saturated heterocycles. The summed E-state index contributed by atoms with van der Waals surface area (Å²) in [6, 6.07) is 19.2. The van der Waals surface area contributed by atoms with E-state index in [0.29, 0.717) is 0 Å². The van der Waals surface area contributed by atoms with Gasteiger partial charge in [0.1, 0.15) is 0 Å². The number of thiophene rings is 2. The van der Waals surface area contributed by atoms with Crippen molar-refractivity contribution < 1.29 is 9.53 Å². The number of esters is 1. The quantitative estimate of drug-likeness (QED) is 0.248. The van der Waals surface area contributed by atoms with Gasteiger partial charge in [-0.05, 0) is 40.3 Å². The van der Waals surface area contributed by atoms with E-state index in [2.05, 4.69) is 42.5 Å². The van der Waals surface area contributed by atoms with E-state index in [1.807, 2.05) is 50.3 Å². The minimum Gasteiger partial charge on any atom is -0.468 e. The van der Waals surface area contributed by atoms with Gasteiger partial charge in [-0.2, -0.15) is 15.8 Å². The van der Waals surface area contributed by atoms with Gasteiger partial charge < -0.3 is 4.74 Å². The Kier molecular flexibility index (Phi) is 5.48. The molecule has 0 spiro atoms. The number of ether oxygens (including phenoxy) is 1. The number of hydrogen-bond acceptors (Lipinski definition) is 7. The molecule has 2 aliphatic carbocycles. The second-order valence-corrected chi connectivity index (χ2v) is 12.3. The molecule has 0 N–H and O–H groups in total. The molecule has 4 aromatic rings. The second kappa shape index (κ2) is 8.53. The largest absolute Gasteiger partial charge is 0.468 e. The highest BCUT2D eigenvalue weighted by molar-refractivity contribution is 7.33. The Bertz CT molecular complexity index is 1830. The number of nitrogens with zero attached hydrogens (tertiary/aromatic N) is 3. The lowest BCUT2D eigenvalue weighted by Crippen LogP contribution is -2.57. The fourth-order valence-corrected chi connectivity index (χ4v) is 9.82. The molecular formula is C31H23N3O2S2. The predicted molar refractivity (Wildman–Crippen MR) is 151 cm³/mol. The molecule has 0 aliphatic heterocycles. The summed E-state index contributed by atoms with van der Waals surface area (Å²) in [6.45, 7) is 3.85. The van der Waals surface area contributed by atoms with Crippen molar-refractivity contribution in [2.45, 2.75) is 25.7 Å². The summed E-state index contributed by atoms with van der Waals surface area (Å²) in [6.07, 6.45) is 7.91. The van der Waals surface area contributed by atoms with E-state index in [-0.39, 0.29) is 11.8 Å². The van der Waals surface area contributed by atoms with E-state index >= 15 is 0 Å². The number of benzene rings is 2. The molecule has 7 heteroatoms. The third kappa shape index (κ3) is 2.85. The molecule has 3 unspecified atom stereocenters. The van der Waals surface area contributed by atoms with Gasteiger partial charge in [-0.15, -0.1) is 22.7 Å². The fraction of sp³-hybridized carbons (Fsp3) is 0.290. The lowest BCUT2D eigenvalue weighted by molar-refractivity contribution is -0.157. The molecule has 2 heterocycles. The molecule has 2 aliphatic rings. The maximum absolute atomic E-state index is 13.7. The van der Waals surface area contributed by atoms with Gasteiger partial charge in [0, 0.05) is 26.8 Å². The Morgan fingerprint density at radius 3 is 2.26 bits per heavy atom. The Hall–Kier alpha value is -3.96. The number of methoxy groups -OCH3 is 1. The molecule has 38 heavy (non-hydrogen) atoms. The first-order valence-corrected chi connectivity index (χ1v) is 14.1. The van der Waals surface area contributed by atoms with Crippen LogP contribution in [0.4, 0.5) is 0 Å². The first-order valence-electron chi connectivity index (χ1n) is 12.4. The van der Waals surface area contributed by atoms with E-state index < -0.39 is 28.6 Å². The lowest BCUT2D eigenvalue weighted by atomic mass is 9.46. The molecule has 0 amide bonds. The molecule has 2 aromatic heterocycles. The Morgan fingerprint density at radius 2 is 1.63 bits per heavy atom. The summed E-state index contributed by atoms with van der Waals surface area (Å²) in [4.78, 5) is 14.6. The van der Waals surface area contributed by atoms with Gasteiger partial charge in [0.25, 0.3) is 0 Å². The summed E-state index contributed by atoms with van der Waals surface area (Å²) in [5, 5.41) is 35.5. The van der Waals surface area contributed by atoms with E-state index in [4.69, 9.17) is 4.74 Å². The molecule has 5 nitrogen and oxygen atoms in total. The lowest BCUT2D eigenvalue weighted by Gasteiger charge is -2.50. The highest BCUT2D eigenvalue weighted by Gasteiger charge is 2.71. The molecular weight excluding hydrogens is 510 g/mol. The van der Waals surface area contributed by atoms with Crippen molar-refractivity contribution in [2.75, 3.05) is 7.11 Å². The van der Waals surface area contributed by atoms with Crippen molar-refractivity contribution in [3.05, 3.63) is 71.1 Å². The molecule has 2 aromatic carbocycles. The Labute approximate surface area is 228 Å². The smallest absolute Gasteiger partial charge is 0.329 e. The minimum absolute atomic E-state index is 0.0143. The highest BCUT2D eigenvalue weighted by atomic mass is 32.1. The van der Waals surface area contributed by atoms with Crippen LogP contribution in [0.25, 0.3) is 30.3 Å². The maximum Gasteiger partial charge on any atom is 0.329 e. The number of hydrogen-bond donors (Lipinski definition) is 0. The first-order chi connectivity index (χ1) is 18.4. The van der Waals surface area contributed by atoms with Crippen molar-refractivity contribution in [2.24, 2.45) is 22.7 Å². The van der Waals surface area contributed by atoms with Crippen LogP contribution in [0.1, 0.15) is 36.1 Å². The third-order valence-electron chi connectivity index (χ3n) is 8.57. The monoisotopic (exact) mass is 533 g/mol. The molecule has 0 fully saturated rings. The van der Waals surface area contributed by atoms with Gasteiger partial charge in [0.2, 0.25) is 0 Å². The van der Waals surface area contributed by atoms with Gasteiger partial charge in [0.15, 0.2) is 10.8 Å². The summed E-state index contributed by atoms with van der Waals surface area (Å²) >= 11 is 3.25. The fourth-order valence-electron chi connectivity index (χ4n) is 6.62. The van der Waals surface area contributed by atoms with Crippen LogP contribution in [0.2, 0.25) is 0 Å². The molecule has 0 bridgehead atoms. The topological polar surface area (TPSA) is 97.7 Å². The number of nitriles is 3. The molecule has 0 radical (unpaired) electrons. The van der Waals surface area contributed by atoms with E-state index in [9.17, 15) is 20.6 Å². The second-order valence-electron chi connectivity index (χ2n) is 10.2. The summed E-state index contributed by atoms with van der Waals surface area (Å²) < 4.78 is 8.48. The van der Waals surface area contributed by atoms with E-state index in [1.165, 1.54) is 7.11 Å². The SMILES string of the molecule is COC(=O)C1(C#N)[C@H](C2C=CC=CC2C)c2sc3c(sc4cc5ccccc5cc43)c2[C@H](C)C1(C#N)C#N. The zero-order valence-electron chi connectivity index (χ0n) is 21.1. The molecule has 6 rings (SSSR count). The Balaban J connectivity index is 1.76. The van der Waals surface area contributed by atoms with Gasteiger partial charge in [-0.25, -0.2) is 0 Å². The van der Waals surface area contributed by atoms with Crippen LogP contribution < -0.4 is 0 Å². The number of fused-ring (bicyclic) bond motifs is 6. The maximum atomic E-state index is 13.7. The van der Waals surface area contributed by atoms with Crippen LogP contribution in [0.3, 0.4) is 0 Å². The summed E-state index contributed by atoms with van der Waals surface area (Å²) in [5.41, 5.74) is -3.02. The average Bonchev–Trinajstić information content (AvgIpc) is 3.47. The molecule has 0 saturated carbocycles. The van der Waals surface area contributed by atoms with Gasteiger partial charge in [-0.3, -0.25) is 4.79 Å². The highest BCUT2D eigenvalue weighted by Crippen LogP contribution is 2.68. The van der Waals surface area contributed by atoms with E-state index in [0.717, 1.165) is 40.7 Å². The van der Waals surface area contributed by atoms with Crippen molar-refractivity contribution in [3.8, 4) is 18.2 Å². The van der Waals surface area contributed by atoms with Crippen LogP contribution in [0, 0.1) is 56.7 Å². The van der Waals surface area contributed by atoms with Gasteiger partial charge in [0.05, 0.1) is 34.7 Å². The van der Waals surface area contributed by atoms with Crippen LogP contribution in [-0.4, -0.2) is 13.1 Å². The third-order valence-corrected chi connectivity index (χ3v) is 11.2. The van der Waals surface area contributed by atoms with Crippen molar-refractivity contribution >= 4 is 58.9 Å².